The van der Waals surface area contributed by atoms with Crippen LogP contribution in [0.4, 0.5) is 0 Å². The van der Waals surface area contributed by atoms with Gasteiger partial charge in [0, 0.05) is 35.9 Å². The number of nitrogens with zero attached hydrogens (tertiary/aromatic N) is 5. The predicted octanol–water partition coefficient (Wildman–Crippen LogP) is 1.61. The van der Waals surface area contributed by atoms with Crippen molar-refractivity contribution >= 4 is 5.52 Å². The second-order valence-corrected chi connectivity index (χ2v) is 4.56. The van der Waals surface area contributed by atoms with Crippen molar-refractivity contribution in [1.82, 2.24) is 29.9 Å². The van der Waals surface area contributed by atoms with E-state index in [1.54, 1.807) is 6.20 Å². The maximum Gasteiger partial charge on any atom is 0.115 e. The molecule has 0 bridgehead atoms. The zero-order valence-corrected chi connectivity index (χ0v) is 11.3. The predicted molar refractivity (Wildman–Crippen MR) is 75.2 cm³/mol. The van der Waals surface area contributed by atoms with Crippen LogP contribution < -0.4 is 5.32 Å². The van der Waals surface area contributed by atoms with Gasteiger partial charge in [-0.2, -0.15) is 5.10 Å². The van der Waals surface area contributed by atoms with E-state index >= 15 is 0 Å². The monoisotopic (exact) mass is 268 g/mol. The zero-order chi connectivity index (χ0) is 13.8. The zero-order valence-electron chi connectivity index (χ0n) is 11.3. The van der Waals surface area contributed by atoms with Crippen LogP contribution in [-0.4, -0.2) is 31.1 Å². The molecule has 0 amide bonds. The molecule has 0 saturated carbocycles. The van der Waals surface area contributed by atoms with Gasteiger partial charge in [-0.05, 0) is 13.0 Å². The van der Waals surface area contributed by atoms with Crippen LogP contribution >= 0.6 is 0 Å². The van der Waals surface area contributed by atoms with Crippen molar-refractivity contribution in [3.63, 3.8) is 0 Å². The third kappa shape index (κ3) is 2.37. The van der Waals surface area contributed by atoms with Crippen molar-refractivity contribution in [1.29, 1.82) is 0 Å². The van der Waals surface area contributed by atoms with Gasteiger partial charge in [0.15, 0.2) is 0 Å². The van der Waals surface area contributed by atoms with Crippen LogP contribution in [0.25, 0.3) is 5.52 Å². The second kappa shape index (κ2) is 5.75. The first-order chi connectivity index (χ1) is 9.90. The maximum absolute atomic E-state index is 4.37. The summed E-state index contributed by atoms with van der Waals surface area (Å²) in [6.45, 7) is 3.06. The topological polar surface area (TPSA) is 68.0 Å². The molecule has 20 heavy (non-hydrogen) atoms. The highest BCUT2D eigenvalue weighted by Gasteiger charge is 2.18. The Hall–Kier alpha value is -2.34. The van der Waals surface area contributed by atoms with Gasteiger partial charge in [-0.1, -0.05) is 6.92 Å². The van der Waals surface area contributed by atoms with Crippen LogP contribution in [0.2, 0.25) is 0 Å². The van der Waals surface area contributed by atoms with Gasteiger partial charge in [0.1, 0.15) is 6.33 Å². The lowest BCUT2D eigenvalue weighted by Gasteiger charge is -2.17. The van der Waals surface area contributed by atoms with Crippen molar-refractivity contribution in [2.24, 2.45) is 0 Å². The van der Waals surface area contributed by atoms with E-state index in [4.69, 9.17) is 0 Å². The van der Waals surface area contributed by atoms with Crippen LogP contribution in [0, 0.1) is 0 Å². The van der Waals surface area contributed by atoms with E-state index in [0.717, 1.165) is 29.6 Å². The Morgan fingerprint density at radius 1 is 1.15 bits per heavy atom. The molecule has 1 N–H and O–H groups in total. The molecule has 6 heteroatoms. The molecule has 0 aliphatic carbocycles. The largest absolute Gasteiger partial charge is 0.306 e. The molecule has 0 aliphatic rings. The Kier molecular flexibility index (Phi) is 3.64. The second-order valence-electron chi connectivity index (χ2n) is 4.56. The molecule has 6 nitrogen and oxygen atoms in total. The molecule has 0 fully saturated rings. The Morgan fingerprint density at radius 3 is 2.80 bits per heavy atom. The molecule has 0 radical (unpaired) electrons. The molecular weight excluding hydrogens is 252 g/mol. The summed E-state index contributed by atoms with van der Waals surface area (Å²) in [6, 6.07) is 0.0258. The van der Waals surface area contributed by atoms with E-state index in [1.807, 2.05) is 35.5 Å². The number of hydrogen-bond acceptors (Lipinski definition) is 5. The minimum Gasteiger partial charge on any atom is -0.306 e. The van der Waals surface area contributed by atoms with Gasteiger partial charge in [0.25, 0.3) is 0 Å². The Morgan fingerprint density at radius 2 is 2.00 bits per heavy atom. The molecule has 3 aromatic heterocycles. The maximum atomic E-state index is 4.37. The summed E-state index contributed by atoms with van der Waals surface area (Å²) in [5.41, 5.74) is 3.10. The van der Waals surface area contributed by atoms with Crippen molar-refractivity contribution in [3.8, 4) is 0 Å². The summed E-state index contributed by atoms with van der Waals surface area (Å²) >= 11 is 0. The summed E-state index contributed by atoms with van der Waals surface area (Å²) in [6.07, 6.45) is 13.5. The molecule has 3 heterocycles. The number of rotatable bonds is 5. The molecule has 0 spiro atoms. The highest BCUT2D eigenvalue weighted by Crippen LogP contribution is 2.24. The number of fused-ring (bicyclic) bond motifs is 1. The van der Waals surface area contributed by atoms with E-state index in [-0.39, 0.29) is 6.04 Å². The molecule has 3 aromatic rings. The van der Waals surface area contributed by atoms with Crippen molar-refractivity contribution in [3.05, 3.63) is 54.6 Å². The van der Waals surface area contributed by atoms with Crippen LogP contribution in [0.1, 0.15) is 30.5 Å². The van der Waals surface area contributed by atoms with Crippen molar-refractivity contribution in [2.75, 3.05) is 6.54 Å². The van der Waals surface area contributed by atoms with Gasteiger partial charge in [-0.25, -0.2) is 14.5 Å². The van der Waals surface area contributed by atoms with Crippen LogP contribution in [0.15, 0.2) is 43.5 Å². The normalized spacial score (nSPS) is 12.7. The quantitative estimate of drug-likeness (QED) is 0.761. The molecule has 0 saturated heterocycles. The molecule has 0 aliphatic heterocycles. The van der Waals surface area contributed by atoms with Crippen molar-refractivity contribution < 1.29 is 0 Å². The molecule has 102 valence electrons. The standard InChI is InChI=1S/C14H16N6/c1-2-3-18-14(11-6-16-10-17-7-11)12-8-19-20-5-4-15-9-13(12)20/h4-10,14,18H,2-3H2,1H3. The van der Waals surface area contributed by atoms with E-state index in [9.17, 15) is 0 Å². The first-order valence-corrected chi connectivity index (χ1v) is 6.65. The van der Waals surface area contributed by atoms with E-state index in [1.165, 1.54) is 6.33 Å². The van der Waals surface area contributed by atoms with Gasteiger partial charge in [-0.3, -0.25) is 4.98 Å². The molecule has 3 rings (SSSR count). The number of aromatic nitrogens is 5. The number of hydrogen-bond donors (Lipinski definition) is 1. The first kappa shape index (κ1) is 12.7. The lowest BCUT2D eigenvalue weighted by molar-refractivity contribution is 0.598. The average molecular weight is 268 g/mol. The highest BCUT2D eigenvalue weighted by atomic mass is 15.2. The molecule has 0 aromatic carbocycles. The smallest absolute Gasteiger partial charge is 0.115 e. The van der Waals surface area contributed by atoms with E-state index in [2.05, 4.69) is 32.3 Å². The lowest BCUT2D eigenvalue weighted by atomic mass is 10.0. The fourth-order valence-corrected chi connectivity index (χ4v) is 2.23. The summed E-state index contributed by atoms with van der Waals surface area (Å²) in [5.74, 6) is 0. The van der Waals surface area contributed by atoms with Crippen LogP contribution in [0.3, 0.4) is 0 Å². The van der Waals surface area contributed by atoms with Gasteiger partial charge in [0.05, 0.1) is 24.0 Å². The van der Waals surface area contributed by atoms with Gasteiger partial charge in [-0.15, -0.1) is 0 Å². The SMILES string of the molecule is CCCNC(c1cncnc1)c1cnn2ccncc12. The average Bonchev–Trinajstić information content (AvgIpc) is 2.93. The molecular formula is C14H16N6. The third-order valence-corrected chi connectivity index (χ3v) is 3.18. The Labute approximate surface area is 116 Å². The van der Waals surface area contributed by atoms with Gasteiger partial charge in [0.2, 0.25) is 0 Å². The fraction of sp³-hybridized carbons (Fsp3) is 0.286. The molecule has 1 unspecified atom stereocenters. The Balaban J connectivity index is 2.05. The molecule has 1 atom stereocenters. The van der Waals surface area contributed by atoms with Gasteiger partial charge < -0.3 is 5.32 Å². The van der Waals surface area contributed by atoms with Gasteiger partial charge >= 0.3 is 0 Å². The minimum absolute atomic E-state index is 0.0258. The summed E-state index contributed by atoms with van der Waals surface area (Å²) in [4.78, 5) is 12.4. The van der Waals surface area contributed by atoms with Crippen LogP contribution in [0.5, 0.6) is 0 Å². The van der Waals surface area contributed by atoms with E-state index in [0.29, 0.717) is 0 Å². The number of nitrogens with one attached hydrogen (secondary N) is 1. The summed E-state index contributed by atoms with van der Waals surface area (Å²) in [7, 11) is 0. The summed E-state index contributed by atoms with van der Waals surface area (Å²) in [5, 5.41) is 7.89. The lowest BCUT2D eigenvalue weighted by Crippen LogP contribution is -2.23. The Bertz CT molecular complexity index is 678. The van der Waals surface area contributed by atoms with Crippen LogP contribution in [-0.2, 0) is 0 Å². The summed E-state index contributed by atoms with van der Waals surface area (Å²) < 4.78 is 1.83. The first-order valence-electron chi connectivity index (χ1n) is 6.65. The third-order valence-electron chi connectivity index (χ3n) is 3.18. The highest BCUT2D eigenvalue weighted by molar-refractivity contribution is 5.55. The van der Waals surface area contributed by atoms with E-state index < -0.39 is 0 Å². The minimum atomic E-state index is 0.0258. The van der Waals surface area contributed by atoms with Crippen molar-refractivity contribution in [2.45, 2.75) is 19.4 Å². The fourth-order valence-electron chi connectivity index (χ4n) is 2.23.